The molecule has 2 heterocycles. The molecule has 32 heavy (non-hydrogen) atoms. The number of anilines is 1. The van der Waals surface area contributed by atoms with Crippen molar-refractivity contribution in [2.75, 3.05) is 5.32 Å². The lowest BCUT2D eigenvalue weighted by Crippen LogP contribution is -2.12. The van der Waals surface area contributed by atoms with Gasteiger partial charge in [-0.2, -0.15) is 0 Å². The van der Waals surface area contributed by atoms with Crippen molar-refractivity contribution >= 4 is 33.3 Å². The van der Waals surface area contributed by atoms with Crippen molar-refractivity contribution in [3.63, 3.8) is 0 Å². The molecule has 164 valence electrons. The molecule has 2 N–H and O–H groups in total. The molecule has 8 heteroatoms. The van der Waals surface area contributed by atoms with E-state index >= 15 is 0 Å². The quantitative estimate of drug-likeness (QED) is 0.297. The van der Waals surface area contributed by atoms with Gasteiger partial charge in [0.25, 0.3) is 11.8 Å². The smallest absolute Gasteiger partial charge is 0.276 e. The van der Waals surface area contributed by atoms with E-state index in [4.69, 9.17) is 0 Å². The molecule has 0 saturated heterocycles. The first-order valence-corrected chi connectivity index (χ1v) is 10.9. The van der Waals surface area contributed by atoms with Crippen LogP contribution in [0.25, 0.3) is 22.4 Å². The maximum absolute atomic E-state index is 14.3. The summed E-state index contributed by atoms with van der Waals surface area (Å²) in [6.45, 7) is 5.34. The molecule has 0 aliphatic carbocycles. The number of nitrogens with zero attached hydrogens (tertiary/aromatic N) is 1. The Morgan fingerprint density at radius 2 is 2.09 bits per heavy atom. The number of thiophene rings is 1. The van der Waals surface area contributed by atoms with Gasteiger partial charge in [0.15, 0.2) is 0 Å². The first-order chi connectivity index (χ1) is 15.3. The lowest BCUT2D eigenvalue weighted by atomic mass is 10.0. The van der Waals surface area contributed by atoms with E-state index in [1.54, 1.807) is 18.2 Å². The summed E-state index contributed by atoms with van der Waals surface area (Å²) in [5.41, 5.74) is 1.98. The van der Waals surface area contributed by atoms with Crippen LogP contribution < -0.4 is 5.32 Å². The van der Waals surface area contributed by atoms with Crippen LogP contribution >= 0.6 is 11.3 Å². The second-order valence-corrected chi connectivity index (χ2v) is 8.21. The van der Waals surface area contributed by atoms with Crippen molar-refractivity contribution in [2.45, 2.75) is 25.7 Å². The number of aromatic nitrogens is 2. The Kier molecular flexibility index (Phi) is 5.88. The standard InChI is InChI=1S/C24H20F3N3OS/c1-3-9-24(26,27)16-11-15(12-17(25)13-16)21-28-19-7-5-6-18(20(19)29-21)22(31)30-23-14(4-2)8-10-32-23/h3,5-8,10-13H,1,4,9H2,2H3,(H,28,29)(H,30,31). The molecule has 4 nitrogen and oxygen atoms in total. The predicted octanol–water partition coefficient (Wildman–Crippen LogP) is 6.91. The molecule has 2 aromatic heterocycles. The van der Waals surface area contributed by atoms with Gasteiger partial charge < -0.3 is 10.3 Å². The predicted molar refractivity (Wildman–Crippen MR) is 122 cm³/mol. The highest BCUT2D eigenvalue weighted by atomic mass is 32.1. The van der Waals surface area contributed by atoms with Gasteiger partial charge >= 0.3 is 0 Å². The van der Waals surface area contributed by atoms with E-state index in [0.717, 1.165) is 35.2 Å². The zero-order valence-corrected chi connectivity index (χ0v) is 18.0. The normalized spacial score (nSPS) is 11.6. The van der Waals surface area contributed by atoms with Crippen LogP contribution in [0.4, 0.5) is 18.2 Å². The van der Waals surface area contributed by atoms with E-state index in [1.807, 2.05) is 18.4 Å². The summed E-state index contributed by atoms with van der Waals surface area (Å²) in [6.07, 6.45) is 1.27. The lowest BCUT2D eigenvalue weighted by Gasteiger charge is -2.15. The zero-order chi connectivity index (χ0) is 22.9. The Hall–Kier alpha value is -3.39. The first kappa shape index (κ1) is 21.8. The highest BCUT2D eigenvalue weighted by Crippen LogP contribution is 2.35. The fraction of sp³-hybridized carbons (Fsp3) is 0.167. The Morgan fingerprint density at radius 3 is 2.84 bits per heavy atom. The number of benzene rings is 2. The van der Waals surface area contributed by atoms with Gasteiger partial charge in [0.2, 0.25) is 0 Å². The number of carbonyl (C=O) groups excluding carboxylic acids is 1. The summed E-state index contributed by atoms with van der Waals surface area (Å²) >= 11 is 1.43. The van der Waals surface area contributed by atoms with E-state index in [1.165, 1.54) is 17.4 Å². The number of para-hydroxylation sites is 1. The van der Waals surface area contributed by atoms with Gasteiger partial charge in [-0.15, -0.1) is 17.9 Å². The van der Waals surface area contributed by atoms with Gasteiger partial charge in [-0.1, -0.05) is 19.1 Å². The Balaban J connectivity index is 1.73. The SMILES string of the molecule is C=CCC(F)(F)c1cc(F)cc(-c2nc3c(C(=O)Nc4sccc4CC)cccc3[nH]2)c1. The largest absolute Gasteiger partial charge is 0.338 e. The number of fused-ring (bicyclic) bond motifs is 1. The molecule has 2 aromatic carbocycles. The number of aromatic amines is 1. The molecule has 4 rings (SSSR count). The molecular weight excluding hydrogens is 435 g/mol. The van der Waals surface area contributed by atoms with Crippen LogP contribution in [0.1, 0.15) is 34.8 Å². The van der Waals surface area contributed by atoms with E-state index in [2.05, 4.69) is 21.9 Å². The summed E-state index contributed by atoms with van der Waals surface area (Å²) in [5, 5.41) is 5.58. The maximum Gasteiger partial charge on any atom is 0.276 e. The van der Waals surface area contributed by atoms with Crippen molar-refractivity contribution in [3.05, 3.63) is 83.0 Å². The van der Waals surface area contributed by atoms with E-state index < -0.39 is 23.7 Å². The number of amides is 1. The minimum Gasteiger partial charge on any atom is -0.338 e. The summed E-state index contributed by atoms with van der Waals surface area (Å²) in [7, 11) is 0. The van der Waals surface area contributed by atoms with Crippen LogP contribution in [-0.4, -0.2) is 15.9 Å². The molecule has 0 saturated carbocycles. The topological polar surface area (TPSA) is 57.8 Å². The number of hydrogen-bond acceptors (Lipinski definition) is 3. The number of H-pyrrole nitrogens is 1. The molecule has 0 bridgehead atoms. The summed E-state index contributed by atoms with van der Waals surface area (Å²) in [6, 6.07) is 10.1. The van der Waals surface area contributed by atoms with Gasteiger partial charge in [-0.25, -0.2) is 18.2 Å². The average molecular weight is 456 g/mol. The van der Waals surface area contributed by atoms with Crippen LogP contribution in [0.15, 0.2) is 60.5 Å². The zero-order valence-electron chi connectivity index (χ0n) is 17.2. The summed E-state index contributed by atoms with van der Waals surface area (Å²) in [5.74, 6) is -4.19. The van der Waals surface area contributed by atoms with Crippen LogP contribution in [-0.2, 0) is 12.3 Å². The van der Waals surface area contributed by atoms with Crippen molar-refractivity contribution < 1.29 is 18.0 Å². The second kappa shape index (κ2) is 8.63. The molecule has 0 aliphatic rings. The first-order valence-electron chi connectivity index (χ1n) is 9.99. The van der Waals surface area contributed by atoms with Crippen LogP contribution in [0.3, 0.4) is 0 Å². The number of aryl methyl sites for hydroxylation is 1. The third kappa shape index (κ3) is 4.18. The van der Waals surface area contributed by atoms with Crippen LogP contribution in [0.2, 0.25) is 0 Å². The molecule has 1 amide bonds. The van der Waals surface area contributed by atoms with Gasteiger partial charge in [0.05, 0.1) is 16.1 Å². The van der Waals surface area contributed by atoms with Gasteiger partial charge in [-0.3, -0.25) is 4.79 Å². The number of nitrogens with one attached hydrogen (secondary N) is 2. The van der Waals surface area contributed by atoms with Crippen LogP contribution in [0, 0.1) is 5.82 Å². The van der Waals surface area contributed by atoms with Crippen LogP contribution in [0.5, 0.6) is 0 Å². The van der Waals surface area contributed by atoms with E-state index in [9.17, 15) is 18.0 Å². The molecule has 0 radical (unpaired) electrons. The van der Waals surface area contributed by atoms with Crippen molar-refractivity contribution in [1.29, 1.82) is 0 Å². The molecule has 0 spiro atoms. The number of imidazole rings is 1. The highest BCUT2D eigenvalue weighted by molar-refractivity contribution is 7.14. The minimum absolute atomic E-state index is 0.165. The summed E-state index contributed by atoms with van der Waals surface area (Å²) in [4.78, 5) is 20.4. The Labute approximate surface area is 186 Å². The van der Waals surface area contributed by atoms with E-state index in [-0.39, 0.29) is 17.3 Å². The summed E-state index contributed by atoms with van der Waals surface area (Å²) < 4.78 is 42.8. The minimum atomic E-state index is -3.26. The third-order valence-corrected chi connectivity index (χ3v) is 5.98. The lowest BCUT2D eigenvalue weighted by molar-refractivity contribution is -0.00111. The number of allylic oxidation sites excluding steroid dienone is 1. The second-order valence-electron chi connectivity index (χ2n) is 7.30. The number of hydrogen-bond donors (Lipinski definition) is 2. The molecule has 0 atom stereocenters. The van der Waals surface area contributed by atoms with Gasteiger partial charge in [-0.05, 0) is 53.8 Å². The molecule has 4 aromatic rings. The molecule has 0 unspecified atom stereocenters. The van der Waals surface area contributed by atoms with Crippen molar-refractivity contribution in [3.8, 4) is 11.4 Å². The molecular formula is C24H20F3N3OS. The number of rotatable bonds is 7. The number of alkyl halides is 2. The van der Waals surface area contributed by atoms with Crippen molar-refractivity contribution in [1.82, 2.24) is 9.97 Å². The number of halogens is 3. The fourth-order valence-corrected chi connectivity index (χ4v) is 4.37. The van der Waals surface area contributed by atoms with Crippen molar-refractivity contribution in [2.24, 2.45) is 0 Å². The number of carbonyl (C=O) groups is 1. The molecule has 0 aliphatic heterocycles. The van der Waals surface area contributed by atoms with E-state index in [0.29, 0.717) is 16.6 Å². The average Bonchev–Trinajstić information content (AvgIpc) is 3.39. The maximum atomic E-state index is 14.3. The Bertz CT molecular complexity index is 1310. The van der Waals surface area contributed by atoms with Gasteiger partial charge in [0.1, 0.15) is 17.2 Å². The third-order valence-electron chi connectivity index (χ3n) is 5.11. The van der Waals surface area contributed by atoms with Gasteiger partial charge in [0, 0.05) is 17.5 Å². The highest BCUT2D eigenvalue weighted by Gasteiger charge is 2.31. The fourth-order valence-electron chi connectivity index (χ4n) is 3.48. The monoisotopic (exact) mass is 455 g/mol. The molecule has 0 fully saturated rings. The Morgan fingerprint density at radius 1 is 1.28 bits per heavy atom.